The number of rotatable bonds is 2. The van der Waals surface area contributed by atoms with Crippen LogP contribution in [0.15, 0.2) is 36.5 Å². The van der Waals surface area contributed by atoms with Crippen LogP contribution in [0.1, 0.15) is 16.2 Å². The number of carbonyl (C=O) groups is 1. The van der Waals surface area contributed by atoms with Crippen molar-refractivity contribution in [2.45, 2.75) is 6.92 Å². The smallest absolute Gasteiger partial charge is 0.275 e. The Balaban J connectivity index is 1.92. The molecule has 0 aliphatic heterocycles. The highest BCUT2D eigenvalue weighted by molar-refractivity contribution is 6.06. The standard InChI is InChI=1S/C13H11N5O/c1-8-5-6-9-11(15-8)17-18-12(9)16-13(19)10-4-2-3-7-14-10/h2-7H,1H3,(H2,15,16,17,18,19). The highest BCUT2D eigenvalue weighted by Gasteiger charge is 2.12. The second kappa shape index (κ2) is 4.49. The summed E-state index contributed by atoms with van der Waals surface area (Å²) in [5.41, 5.74) is 1.88. The van der Waals surface area contributed by atoms with E-state index in [4.69, 9.17) is 0 Å². The number of aromatic nitrogens is 4. The number of H-pyrrole nitrogens is 1. The van der Waals surface area contributed by atoms with Crippen LogP contribution in [-0.2, 0) is 0 Å². The summed E-state index contributed by atoms with van der Waals surface area (Å²) in [4.78, 5) is 20.3. The van der Waals surface area contributed by atoms with Crippen LogP contribution in [0.5, 0.6) is 0 Å². The van der Waals surface area contributed by atoms with Gasteiger partial charge in [-0.05, 0) is 31.2 Å². The third-order valence-corrected chi connectivity index (χ3v) is 2.69. The van der Waals surface area contributed by atoms with Crippen LogP contribution in [0.25, 0.3) is 11.0 Å². The summed E-state index contributed by atoms with van der Waals surface area (Å²) in [7, 11) is 0. The van der Waals surface area contributed by atoms with E-state index in [1.165, 1.54) is 0 Å². The molecule has 0 fully saturated rings. The van der Waals surface area contributed by atoms with Crippen molar-refractivity contribution < 1.29 is 4.79 Å². The largest absolute Gasteiger partial charge is 0.303 e. The van der Waals surface area contributed by atoms with Gasteiger partial charge in [-0.3, -0.25) is 14.9 Å². The minimum atomic E-state index is -0.297. The second-order valence-electron chi connectivity index (χ2n) is 4.09. The molecule has 0 aliphatic rings. The maximum atomic E-state index is 12.0. The van der Waals surface area contributed by atoms with Gasteiger partial charge in [-0.1, -0.05) is 6.07 Å². The van der Waals surface area contributed by atoms with Crippen molar-refractivity contribution >= 4 is 22.8 Å². The van der Waals surface area contributed by atoms with E-state index in [1.54, 1.807) is 24.4 Å². The van der Waals surface area contributed by atoms with Gasteiger partial charge in [0.05, 0.1) is 5.39 Å². The summed E-state index contributed by atoms with van der Waals surface area (Å²) in [6.45, 7) is 1.90. The molecule has 0 saturated heterocycles. The number of pyridine rings is 2. The predicted molar refractivity (Wildman–Crippen MR) is 70.8 cm³/mol. The molecule has 0 atom stereocenters. The lowest BCUT2D eigenvalue weighted by molar-refractivity contribution is 0.102. The fourth-order valence-electron chi connectivity index (χ4n) is 1.77. The van der Waals surface area contributed by atoms with Crippen molar-refractivity contribution in [2.24, 2.45) is 0 Å². The molecule has 0 aliphatic carbocycles. The van der Waals surface area contributed by atoms with Crippen LogP contribution in [0.4, 0.5) is 5.82 Å². The molecule has 6 nitrogen and oxygen atoms in total. The molecule has 94 valence electrons. The van der Waals surface area contributed by atoms with E-state index in [-0.39, 0.29) is 5.91 Å². The Labute approximate surface area is 108 Å². The summed E-state index contributed by atoms with van der Waals surface area (Å²) in [5, 5.41) is 10.3. The van der Waals surface area contributed by atoms with Crippen LogP contribution < -0.4 is 5.32 Å². The molecular weight excluding hydrogens is 242 g/mol. The third kappa shape index (κ3) is 2.15. The molecule has 0 saturated carbocycles. The maximum Gasteiger partial charge on any atom is 0.275 e. The number of fused-ring (bicyclic) bond motifs is 1. The molecule has 0 bridgehead atoms. The SMILES string of the molecule is Cc1ccc2c(NC(=O)c3ccccn3)n[nH]c2n1. The molecular formula is C13H11N5O. The van der Waals surface area contributed by atoms with E-state index in [0.29, 0.717) is 17.2 Å². The first-order chi connectivity index (χ1) is 9.24. The van der Waals surface area contributed by atoms with Crippen LogP contribution in [0.2, 0.25) is 0 Å². The van der Waals surface area contributed by atoms with Crippen LogP contribution in [0, 0.1) is 6.92 Å². The van der Waals surface area contributed by atoms with Gasteiger partial charge in [-0.25, -0.2) is 4.98 Å². The Bertz CT molecular complexity index is 735. The fraction of sp³-hybridized carbons (Fsp3) is 0.0769. The number of aromatic amines is 1. The zero-order valence-corrected chi connectivity index (χ0v) is 10.2. The predicted octanol–water partition coefficient (Wildman–Crippen LogP) is 1.91. The fourth-order valence-corrected chi connectivity index (χ4v) is 1.77. The Kier molecular flexibility index (Phi) is 2.68. The second-order valence-corrected chi connectivity index (χ2v) is 4.09. The molecule has 3 aromatic rings. The van der Waals surface area contributed by atoms with Gasteiger partial charge in [-0.15, -0.1) is 0 Å². The number of nitrogens with one attached hydrogen (secondary N) is 2. The van der Waals surface area contributed by atoms with Gasteiger partial charge in [0, 0.05) is 11.9 Å². The lowest BCUT2D eigenvalue weighted by atomic mass is 10.3. The number of carbonyl (C=O) groups excluding carboxylic acids is 1. The quantitative estimate of drug-likeness (QED) is 0.730. The first kappa shape index (κ1) is 11.3. The van der Waals surface area contributed by atoms with E-state index in [1.807, 2.05) is 19.1 Å². The van der Waals surface area contributed by atoms with Crippen molar-refractivity contribution in [1.29, 1.82) is 0 Å². The number of hydrogen-bond donors (Lipinski definition) is 2. The average molecular weight is 253 g/mol. The molecule has 3 heterocycles. The van der Waals surface area contributed by atoms with Crippen molar-refractivity contribution in [3.63, 3.8) is 0 Å². The molecule has 0 unspecified atom stereocenters. The van der Waals surface area contributed by atoms with Crippen LogP contribution in [0.3, 0.4) is 0 Å². The van der Waals surface area contributed by atoms with Gasteiger partial charge in [0.2, 0.25) is 0 Å². The van der Waals surface area contributed by atoms with Crippen LogP contribution >= 0.6 is 0 Å². The lowest BCUT2D eigenvalue weighted by Gasteiger charge is -2.01. The Morgan fingerprint density at radius 1 is 1.26 bits per heavy atom. The minimum Gasteiger partial charge on any atom is -0.303 e. The molecule has 2 N–H and O–H groups in total. The van der Waals surface area contributed by atoms with Gasteiger partial charge in [0.15, 0.2) is 11.5 Å². The molecule has 1 amide bonds. The zero-order chi connectivity index (χ0) is 13.2. The number of amides is 1. The first-order valence-electron chi connectivity index (χ1n) is 5.78. The van der Waals surface area contributed by atoms with Crippen molar-refractivity contribution in [3.8, 4) is 0 Å². The lowest BCUT2D eigenvalue weighted by Crippen LogP contribution is -2.13. The van der Waals surface area contributed by atoms with Crippen molar-refractivity contribution in [3.05, 3.63) is 47.9 Å². The number of hydrogen-bond acceptors (Lipinski definition) is 4. The van der Waals surface area contributed by atoms with E-state index in [0.717, 1.165) is 11.1 Å². The Morgan fingerprint density at radius 3 is 2.95 bits per heavy atom. The highest BCUT2D eigenvalue weighted by atomic mass is 16.1. The number of anilines is 1. The normalized spacial score (nSPS) is 10.6. The molecule has 3 aromatic heterocycles. The van der Waals surface area contributed by atoms with Gasteiger partial charge in [-0.2, -0.15) is 5.10 Å². The van der Waals surface area contributed by atoms with Crippen LogP contribution in [-0.4, -0.2) is 26.1 Å². The van der Waals surface area contributed by atoms with Crippen molar-refractivity contribution in [1.82, 2.24) is 20.2 Å². The van der Waals surface area contributed by atoms with Gasteiger partial charge >= 0.3 is 0 Å². The summed E-state index contributed by atoms with van der Waals surface area (Å²) in [6.07, 6.45) is 1.57. The first-order valence-corrected chi connectivity index (χ1v) is 5.78. The monoisotopic (exact) mass is 253 g/mol. The summed E-state index contributed by atoms with van der Waals surface area (Å²) in [5.74, 6) is 0.160. The summed E-state index contributed by atoms with van der Waals surface area (Å²) >= 11 is 0. The van der Waals surface area contributed by atoms with Gasteiger partial charge < -0.3 is 5.32 Å². The number of aryl methyl sites for hydroxylation is 1. The maximum absolute atomic E-state index is 12.0. The summed E-state index contributed by atoms with van der Waals surface area (Å²) < 4.78 is 0. The zero-order valence-electron chi connectivity index (χ0n) is 10.2. The van der Waals surface area contributed by atoms with E-state index < -0.39 is 0 Å². The van der Waals surface area contributed by atoms with E-state index in [9.17, 15) is 4.79 Å². The molecule has 19 heavy (non-hydrogen) atoms. The Hall–Kier alpha value is -2.76. The average Bonchev–Trinajstić information content (AvgIpc) is 2.82. The number of nitrogens with zero attached hydrogens (tertiary/aromatic N) is 3. The topological polar surface area (TPSA) is 83.6 Å². The molecule has 0 aromatic carbocycles. The molecule has 6 heteroatoms. The van der Waals surface area contributed by atoms with Crippen molar-refractivity contribution in [2.75, 3.05) is 5.32 Å². The minimum absolute atomic E-state index is 0.297. The summed E-state index contributed by atoms with van der Waals surface area (Å²) in [6, 6.07) is 8.90. The van der Waals surface area contributed by atoms with Gasteiger partial charge in [0.1, 0.15) is 5.69 Å². The van der Waals surface area contributed by atoms with E-state index in [2.05, 4.69) is 25.5 Å². The highest BCUT2D eigenvalue weighted by Crippen LogP contribution is 2.19. The van der Waals surface area contributed by atoms with Gasteiger partial charge in [0.25, 0.3) is 5.91 Å². The van der Waals surface area contributed by atoms with E-state index >= 15 is 0 Å². The molecule has 0 spiro atoms. The third-order valence-electron chi connectivity index (χ3n) is 2.69. The Morgan fingerprint density at radius 2 is 2.16 bits per heavy atom. The molecule has 0 radical (unpaired) electrons. The molecule has 3 rings (SSSR count).